The molecule has 5 nitrogen and oxygen atoms in total. The van der Waals surface area contributed by atoms with Crippen molar-refractivity contribution in [1.29, 1.82) is 0 Å². The summed E-state index contributed by atoms with van der Waals surface area (Å²) >= 11 is 0. The van der Waals surface area contributed by atoms with Gasteiger partial charge >= 0.3 is 6.03 Å². The van der Waals surface area contributed by atoms with Crippen LogP contribution in [0.1, 0.15) is 29.7 Å². The number of halogens is 1. The summed E-state index contributed by atoms with van der Waals surface area (Å²) in [4.78, 5) is 26.0. The largest absolute Gasteiger partial charge is 0.386 e. The Balaban J connectivity index is 1.84. The van der Waals surface area contributed by atoms with E-state index in [-0.39, 0.29) is 12.1 Å². The van der Waals surface area contributed by atoms with Crippen molar-refractivity contribution in [3.63, 3.8) is 0 Å². The van der Waals surface area contributed by atoms with Gasteiger partial charge in [-0.05, 0) is 25.5 Å². The molecule has 2 aromatic carbocycles. The van der Waals surface area contributed by atoms with E-state index < -0.39 is 29.4 Å². The SMILES string of the molecule is Cc1ccc(C2(C)NC(=O)N(CC(O)c3ccccc3F)C2=O)cc1. The Kier molecular flexibility index (Phi) is 4.30. The molecule has 1 saturated heterocycles. The van der Waals surface area contributed by atoms with Gasteiger partial charge in [0.2, 0.25) is 0 Å². The monoisotopic (exact) mass is 342 g/mol. The minimum absolute atomic E-state index is 0.0482. The fourth-order valence-electron chi connectivity index (χ4n) is 2.96. The molecule has 25 heavy (non-hydrogen) atoms. The summed E-state index contributed by atoms with van der Waals surface area (Å²) in [6, 6.07) is 12.4. The van der Waals surface area contributed by atoms with Crippen LogP contribution in [0, 0.1) is 12.7 Å². The number of benzene rings is 2. The maximum atomic E-state index is 13.8. The molecule has 1 fully saturated rings. The van der Waals surface area contributed by atoms with Crippen molar-refractivity contribution < 1.29 is 19.1 Å². The predicted molar refractivity (Wildman–Crippen MR) is 90.1 cm³/mol. The van der Waals surface area contributed by atoms with Crippen molar-refractivity contribution in [3.05, 3.63) is 71.0 Å². The van der Waals surface area contributed by atoms with E-state index in [1.54, 1.807) is 25.1 Å². The molecule has 0 aromatic heterocycles. The molecule has 2 N–H and O–H groups in total. The van der Waals surface area contributed by atoms with Gasteiger partial charge < -0.3 is 10.4 Å². The van der Waals surface area contributed by atoms with Crippen molar-refractivity contribution in [2.45, 2.75) is 25.5 Å². The van der Waals surface area contributed by atoms with Crippen LogP contribution < -0.4 is 5.32 Å². The summed E-state index contributed by atoms with van der Waals surface area (Å²) in [5.41, 5.74) is 0.530. The van der Waals surface area contributed by atoms with Crippen molar-refractivity contribution in [3.8, 4) is 0 Å². The van der Waals surface area contributed by atoms with Gasteiger partial charge in [0, 0.05) is 5.56 Å². The van der Waals surface area contributed by atoms with E-state index >= 15 is 0 Å². The summed E-state index contributed by atoms with van der Waals surface area (Å²) in [5.74, 6) is -1.06. The molecule has 3 rings (SSSR count). The maximum Gasteiger partial charge on any atom is 0.325 e. The molecule has 1 heterocycles. The van der Waals surface area contributed by atoms with Crippen molar-refractivity contribution >= 4 is 11.9 Å². The van der Waals surface area contributed by atoms with E-state index in [1.807, 2.05) is 19.1 Å². The van der Waals surface area contributed by atoms with Crippen LogP contribution in [0.15, 0.2) is 48.5 Å². The third-order valence-electron chi connectivity index (χ3n) is 4.52. The lowest BCUT2D eigenvalue weighted by Gasteiger charge is -2.23. The number of nitrogens with zero attached hydrogens (tertiary/aromatic N) is 1. The number of amides is 3. The van der Waals surface area contributed by atoms with Crippen LogP contribution in [0.3, 0.4) is 0 Å². The lowest BCUT2D eigenvalue weighted by molar-refractivity contribution is -0.132. The van der Waals surface area contributed by atoms with Gasteiger partial charge in [-0.1, -0.05) is 48.0 Å². The predicted octanol–water partition coefficient (Wildman–Crippen LogP) is 2.63. The smallest absolute Gasteiger partial charge is 0.325 e. The first-order valence-corrected chi connectivity index (χ1v) is 7.96. The first-order valence-electron chi connectivity index (χ1n) is 7.96. The third-order valence-corrected chi connectivity index (χ3v) is 4.52. The first kappa shape index (κ1) is 17.1. The van der Waals surface area contributed by atoms with Gasteiger partial charge in [0.15, 0.2) is 0 Å². The molecule has 0 saturated carbocycles. The molecule has 0 radical (unpaired) electrons. The van der Waals surface area contributed by atoms with Crippen LogP contribution in [-0.4, -0.2) is 28.5 Å². The van der Waals surface area contributed by atoms with E-state index in [1.165, 1.54) is 18.2 Å². The first-order chi connectivity index (χ1) is 11.8. The molecular weight excluding hydrogens is 323 g/mol. The number of carbonyl (C=O) groups excluding carboxylic acids is 2. The van der Waals surface area contributed by atoms with Gasteiger partial charge in [-0.15, -0.1) is 0 Å². The van der Waals surface area contributed by atoms with Crippen LogP contribution in [0.2, 0.25) is 0 Å². The van der Waals surface area contributed by atoms with Crippen molar-refractivity contribution in [2.75, 3.05) is 6.54 Å². The van der Waals surface area contributed by atoms with Gasteiger partial charge in [-0.2, -0.15) is 0 Å². The second-order valence-corrected chi connectivity index (χ2v) is 6.37. The topological polar surface area (TPSA) is 69.6 Å². The molecule has 6 heteroatoms. The number of hydrogen-bond acceptors (Lipinski definition) is 3. The lowest BCUT2D eigenvalue weighted by Crippen LogP contribution is -2.41. The quantitative estimate of drug-likeness (QED) is 0.839. The molecule has 1 aliphatic rings. The number of aliphatic hydroxyl groups excluding tert-OH is 1. The minimum atomic E-state index is -1.30. The number of β-amino-alcohol motifs (C(OH)–C–C–N with tert-alkyl or cyclic N) is 1. The van der Waals surface area contributed by atoms with Crippen LogP contribution in [0.5, 0.6) is 0 Å². The average Bonchev–Trinajstić information content (AvgIpc) is 2.80. The van der Waals surface area contributed by atoms with E-state index in [2.05, 4.69) is 5.32 Å². The normalized spacial score (nSPS) is 21.4. The molecule has 3 amide bonds. The Morgan fingerprint density at radius 3 is 2.44 bits per heavy atom. The maximum absolute atomic E-state index is 13.8. The van der Waals surface area contributed by atoms with Crippen molar-refractivity contribution in [2.24, 2.45) is 0 Å². The van der Waals surface area contributed by atoms with Gasteiger partial charge in [0.05, 0.1) is 12.6 Å². The highest BCUT2D eigenvalue weighted by atomic mass is 19.1. The van der Waals surface area contributed by atoms with Crippen LogP contribution in [0.25, 0.3) is 0 Å². The Bertz CT molecular complexity index is 822. The van der Waals surface area contributed by atoms with Crippen molar-refractivity contribution in [1.82, 2.24) is 10.2 Å². The average molecular weight is 342 g/mol. The summed E-state index contributed by atoms with van der Waals surface area (Å²) in [6.07, 6.45) is -1.30. The number of rotatable bonds is 4. The second kappa shape index (κ2) is 6.29. The Hall–Kier alpha value is -2.73. The fourth-order valence-corrected chi connectivity index (χ4v) is 2.96. The number of nitrogens with one attached hydrogen (secondary N) is 1. The number of carbonyl (C=O) groups is 2. The summed E-state index contributed by atoms with van der Waals surface area (Å²) in [6.45, 7) is 3.23. The van der Waals surface area contributed by atoms with Gasteiger partial charge in [-0.3, -0.25) is 9.69 Å². The summed E-state index contributed by atoms with van der Waals surface area (Å²) in [7, 11) is 0. The van der Waals surface area contributed by atoms with Crippen LogP contribution in [-0.2, 0) is 10.3 Å². The molecule has 0 spiro atoms. The molecule has 0 aliphatic carbocycles. The van der Waals surface area contributed by atoms with E-state index in [0.717, 1.165) is 10.5 Å². The van der Waals surface area contributed by atoms with Gasteiger partial charge in [-0.25, -0.2) is 9.18 Å². The molecule has 1 aliphatic heterocycles. The molecule has 2 atom stereocenters. The highest BCUT2D eigenvalue weighted by Gasteiger charge is 2.49. The van der Waals surface area contributed by atoms with E-state index in [0.29, 0.717) is 5.56 Å². The highest BCUT2D eigenvalue weighted by molar-refractivity contribution is 6.07. The lowest BCUT2D eigenvalue weighted by atomic mass is 9.91. The highest BCUT2D eigenvalue weighted by Crippen LogP contribution is 2.30. The fraction of sp³-hybridized carbons (Fsp3) is 0.263. The van der Waals surface area contributed by atoms with E-state index in [4.69, 9.17) is 0 Å². The molecular formula is C19H19FN2O3. The zero-order chi connectivity index (χ0) is 18.2. The number of aliphatic hydroxyl groups is 1. The Morgan fingerprint density at radius 1 is 1.16 bits per heavy atom. The summed E-state index contributed by atoms with van der Waals surface area (Å²) in [5, 5.41) is 12.9. The van der Waals surface area contributed by atoms with Crippen LogP contribution >= 0.6 is 0 Å². The number of hydrogen-bond donors (Lipinski definition) is 2. The third kappa shape index (κ3) is 3.00. The van der Waals surface area contributed by atoms with Gasteiger partial charge in [0.25, 0.3) is 5.91 Å². The van der Waals surface area contributed by atoms with Gasteiger partial charge in [0.1, 0.15) is 11.4 Å². The standard InChI is InChI=1S/C19H19FN2O3/c1-12-7-9-13(10-8-12)19(2)17(24)22(18(25)21-19)11-16(23)14-5-3-4-6-15(14)20/h3-10,16,23H,11H2,1-2H3,(H,21,25). The summed E-state index contributed by atoms with van der Waals surface area (Å²) < 4.78 is 13.8. The Labute approximate surface area is 145 Å². The molecule has 2 unspecified atom stereocenters. The number of urea groups is 1. The molecule has 130 valence electrons. The second-order valence-electron chi connectivity index (χ2n) is 6.37. The molecule has 0 bridgehead atoms. The number of aryl methyl sites for hydroxylation is 1. The van der Waals surface area contributed by atoms with Crippen LogP contribution in [0.4, 0.5) is 9.18 Å². The zero-order valence-electron chi connectivity index (χ0n) is 14.0. The number of imide groups is 1. The Morgan fingerprint density at radius 2 is 1.80 bits per heavy atom. The zero-order valence-corrected chi connectivity index (χ0v) is 14.0. The minimum Gasteiger partial charge on any atom is -0.386 e. The molecule has 2 aromatic rings. The van der Waals surface area contributed by atoms with E-state index in [9.17, 15) is 19.1 Å².